The predicted molar refractivity (Wildman–Crippen MR) is 142 cm³/mol. The highest BCUT2D eigenvalue weighted by Gasteiger charge is 2.17. The van der Waals surface area contributed by atoms with Crippen molar-refractivity contribution in [3.63, 3.8) is 0 Å². The fourth-order valence-corrected chi connectivity index (χ4v) is 3.71. The molecule has 2 N–H and O–H groups in total. The number of benzene rings is 2. The fourth-order valence-electron chi connectivity index (χ4n) is 3.71. The number of nitrogens with zero attached hydrogens (tertiary/aromatic N) is 2. The largest absolute Gasteiger partial charge is 0.494 e. The highest BCUT2D eigenvalue weighted by Crippen LogP contribution is 2.14. The first-order valence-corrected chi connectivity index (χ1v) is 11.2. The fraction of sp³-hybridized carbons (Fsp3) is 0.440. The van der Waals surface area contributed by atoms with Crippen LogP contribution in [-0.2, 0) is 17.8 Å². The third-order valence-corrected chi connectivity index (χ3v) is 5.38. The lowest BCUT2D eigenvalue weighted by Gasteiger charge is -2.22. The Morgan fingerprint density at radius 2 is 1.97 bits per heavy atom. The minimum Gasteiger partial charge on any atom is -0.494 e. The van der Waals surface area contributed by atoms with Gasteiger partial charge < -0.3 is 25.0 Å². The number of guanidine groups is 1. The summed E-state index contributed by atoms with van der Waals surface area (Å²) in [6, 6.07) is 15.8. The van der Waals surface area contributed by atoms with Crippen molar-refractivity contribution in [2.75, 3.05) is 33.9 Å². The maximum Gasteiger partial charge on any atom is 0.251 e. The van der Waals surface area contributed by atoms with E-state index in [1.54, 1.807) is 7.05 Å². The lowest BCUT2D eigenvalue weighted by Crippen LogP contribution is -2.38. The molecule has 2 aromatic rings. The van der Waals surface area contributed by atoms with Crippen molar-refractivity contribution in [1.29, 1.82) is 0 Å². The predicted octanol–water partition coefficient (Wildman–Crippen LogP) is 3.82. The monoisotopic (exact) mass is 566 g/mol. The van der Waals surface area contributed by atoms with Crippen molar-refractivity contribution in [2.45, 2.75) is 39.0 Å². The number of halogens is 1. The van der Waals surface area contributed by atoms with Gasteiger partial charge in [0, 0.05) is 45.9 Å². The summed E-state index contributed by atoms with van der Waals surface area (Å²) in [6.45, 7) is 5.28. The topological polar surface area (TPSA) is 75.2 Å². The Bertz CT molecular complexity index is 899. The molecule has 1 unspecified atom stereocenters. The van der Waals surface area contributed by atoms with Crippen molar-refractivity contribution in [3.8, 4) is 5.75 Å². The quantitative estimate of drug-likeness (QED) is 0.274. The number of ether oxygens (including phenoxy) is 2. The van der Waals surface area contributed by atoms with Gasteiger partial charge in [0.25, 0.3) is 5.91 Å². The van der Waals surface area contributed by atoms with Gasteiger partial charge in [-0.15, -0.1) is 24.0 Å². The van der Waals surface area contributed by atoms with Crippen LogP contribution in [0.25, 0.3) is 0 Å². The summed E-state index contributed by atoms with van der Waals surface area (Å²) < 4.78 is 11.1. The second-order valence-electron chi connectivity index (χ2n) is 7.88. The molecule has 0 aromatic heterocycles. The zero-order valence-corrected chi connectivity index (χ0v) is 22.0. The first-order valence-electron chi connectivity index (χ1n) is 11.2. The number of rotatable bonds is 9. The summed E-state index contributed by atoms with van der Waals surface area (Å²) in [7, 11) is 3.77. The first-order chi connectivity index (χ1) is 15.6. The van der Waals surface area contributed by atoms with E-state index in [0.717, 1.165) is 43.3 Å². The highest BCUT2D eigenvalue weighted by molar-refractivity contribution is 14.0. The van der Waals surface area contributed by atoms with E-state index in [1.165, 1.54) is 5.56 Å². The van der Waals surface area contributed by atoms with Gasteiger partial charge in [-0.3, -0.25) is 9.79 Å². The van der Waals surface area contributed by atoms with Gasteiger partial charge in [-0.1, -0.05) is 24.3 Å². The second kappa shape index (κ2) is 14.0. The average Bonchev–Trinajstić information content (AvgIpc) is 3.33. The molecule has 1 aliphatic rings. The Kier molecular flexibility index (Phi) is 11.5. The number of amides is 1. The summed E-state index contributed by atoms with van der Waals surface area (Å²) in [5.74, 6) is 1.59. The maximum absolute atomic E-state index is 12.5. The van der Waals surface area contributed by atoms with Crippen LogP contribution in [0.15, 0.2) is 53.5 Å². The maximum atomic E-state index is 12.5. The molecule has 0 aliphatic carbocycles. The number of hydrogen-bond acceptors (Lipinski definition) is 4. The van der Waals surface area contributed by atoms with Crippen LogP contribution >= 0.6 is 24.0 Å². The van der Waals surface area contributed by atoms with Crippen LogP contribution in [0.5, 0.6) is 5.75 Å². The summed E-state index contributed by atoms with van der Waals surface area (Å²) in [4.78, 5) is 19.0. The molecule has 1 saturated heterocycles. The van der Waals surface area contributed by atoms with Crippen LogP contribution in [0.1, 0.15) is 41.3 Å². The van der Waals surface area contributed by atoms with E-state index in [2.05, 4.69) is 32.7 Å². The molecule has 0 saturated carbocycles. The molecule has 8 heteroatoms. The third kappa shape index (κ3) is 8.51. The van der Waals surface area contributed by atoms with E-state index in [1.807, 2.05) is 50.4 Å². The molecule has 1 fully saturated rings. The Hall–Kier alpha value is -2.33. The van der Waals surface area contributed by atoms with Gasteiger partial charge in [-0.2, -0.15) is 0 Å². The Labute approximate surface area is 214 Å². The molecule has 0 spiro atoms. The van der Waals surface area contributed by atoms with Gasteiger partial charge in [0.05, 0.1) is 12.7 Å². The standard InChI is InChI=1S/C25H34N4O3.HI/c1-4-31-22-12-10-19(11-13-22)18-29(3)25(26-2)28-16-20-7-5-8-21(15-20)24(30)27-17-23-9-6-14-32-23;/h5,7-8,10-13,15,23H,4,6,9,14,16-18H2,1-3H3,(H,26,28)(H,27,30);1H. The van der Waals surface area contributed by atoms with Gasteiger partial charge in [-0.25, -0.2) is 0 Å². The summed E-state index contributed by atoms with van der Waals surface area (Å²) in [5, 5.41) is 6.36. The molecule has 33 heavy (non-hydrogen) atoms. The van der Waals surface area contributed by atoms with E-state index < -0.39 is 0 Å². The minimum absolute atomic E-state index is 0. The molecule has 1 aliphatic heterocycles. The van der Waals surface area contributed by atoms with Crippen LogP contribution in [0.3, 0.4) is 0 Å². The van der Waals surface area contributed by atoms with E-state index in [4.69, 9.17) is 9.47 Å². The first kappa shape index (κ1) is 26.9. The lowest BCUT2D eigenvalue weighted by molar-refractivity contribution is 0.0857. The number of nitrogens with one attached hydrogen (secondary N) is 2. The van der Waals surface area contributed by atoms with Crippen molar-refractivity contribution >= 4 is 35.8 Å². The summed E-state index contributed by atoms with van der Waals surface area (Å²) >= 11 is 0. The number of hydrogen-bond donors (Lipinski definition) is 2. The molecule has 1 heterocycles. The molecule has 0 radical (unpaired) electrons. The van der Waals surface area contributed by atoms with Crippen LogP contribution in [0.2, 0.25) is 0 Å². The molecule has 180 valence electrons. The van der Waals surface area contributed by atoms with Crippen LogP contribution < -0.4 is 15.4 Å². The van der Waals surface area contributed by atoms with Crippen LogP contribution in [-0.4, -0.2) is 56.7 Å². The van der Waals surface area contributed by atoms with Crippen molar-refractivity contribution < 1.29 is 14.3 Å². The molecule has 1 atom stereocenters. The lowest BCUT2D eigenvalue weighted by atomic mass is 10.1. The Balaban J connectivity index is 0.00000385. The molecule has 3 rings (SSSR count). The third-order valence-electron chi connectivity index (χ3n) is 5.38. The molecular formula is C25H35IN4O3. The Morgan fingerprint density at radius 1 is 1.18 bits per heavy atom. The zero-order valence-electron chi connectivity index (χ0n) is 19.7. The van der Waals surface area contributed by atoms with Crippen molar-refractivity contribution in [2.24, 2.45) is 4.99 Å². The van der Waals surface area contributed by atoms with Crippen molar-refractivity contribution in [3.05, 3.63) is 65.2 Å². The normalized spacial score (nSPS) is 15.5. The van der Waals surface area contributed by atoms with Crippen LogP contribution in [0, 0.1) is 0 Å². The van der Waals surface area contributed by atoms with E-state index >= 15 is 0 Å². The smallest absolute Gasteiger partial charge is 0.251 e. The van der Waals surface area contributed by atoms with E-state index in [9.17, 15) is 4.79 Å². The minimum atomic E-state index is -0.0700. The summed E-state index contributed by atoms with van der Waals surface area (Å²) in [5.41, 5.74) is 2.84. The van der Waals surface area contributed by atoms with Gasteiger partial charge >= 0.3 is 0 Å². The van der Waals surface area contributed by atoms with Gasteiger partial charge in [0.1, 0.15) is 5.75 Å². The number of carbonyl (C=O) groups excluding carboxylic acids is 1. The number of carbonyl (C=O) groups is 1. The molecule has 2 aromatic carbocycles. The van der Waals surface area contributed by atoms with Crippen LogP contribution in [0.4, 0.5) is 0 Å². The zero-order chi connectivity index (χ0) is 22.8. The molecule has 7 nitrogen and oxygen atoms in total. The second-order valence-corrected chi connectivity index (χ2v) is 7.88. The summed E-state index contributed by atoms with van der Waals surface area (Å²) in [6.07, 6.45) is 2.21. The molecule has 1 amide bonds. The van der Waals surface area contributed by atoms with Gasteiger partial charge in [0.2, 0.25) is 0 Å². The SMILES string of the molecule is CCOc1ccc(CN(C)C(=NC)NCc2cccc(C(=O)NCC3CCCO3)c2)cc1.I. The number of aliphatic imine (C=N–C) groups is 1. The van der Waals surface area contributed by atoms with E-state index in [-0.39, 0.29) is 36.0 Å². The molecule has 0 bridgehead atoms. The van der Waals surface area contributed by atoms with Gasteiger partial charge in [0.15, 0.2) is 5.96 Å². The highest BCUT2D eigenvalue weighted by atomic mass is 127. The van der Waals surface area contributed by atoms with Gasteiger partial charge in [-0.05, 0) is 55.2 Å². The molecular weight excluding hydrogens is 531 g/mol. The Morgan fingerprint density at radius 3 is 2.64 bits per heavy atom. The van der Waals surface area contributed by atoms with Crippen molar-refractivity contribution in [1.82, 2.24) is 15.5 Å². The van der Waals surface area contributed by atoms with E-state index in [0.29, 0.717) is 25.3 Å². The average molecular weight is 566 g/mol.